The van der Waals surface area contributed by atoms with E-state index < -0.39 is 0 Å². The van der Waals surface area contributed by atoms with Crippen LogP contribution in [0.3, 0.4) is 0 Å². The van der Waals surface area contributed by atoms with E-state index in [9.17, 15) is 5.11 Å². The van der Waals surface area contributed by atoms with E-state index in [-0.39, 0.29) is 6.10 Å². The summed E-state index contributed by atoms with van der Waals surface area (Å²) in [5, 5.41) is 18.9. The van der Waals surface area contributed by atoms with Crippen LogP contribution in [-0.2, 0) is 13.1 Å². The molecule has 0 amide bonds. The molecule has 0 saturated carbocycles. The lowest BCUT2D eigenvalue weighted by atomic mass is 10.0. The second-order valence-electron chi connectivity index (χ2n) is 6.27. The summed E-state index contributed by atoms with van der Waals surface area (Å²) in [5.74, 6) is 0. The minimum absolute atomic E-state index is 0.389. The minimum Gasteiger partial charge on any atom is -0.390 e. The SMILES string of the molecule is Cc1cnn(C[C@@H]2CCCCN2C[C@H](O)Cn2cccn2)c1. The highest BCUT2D eigenvalue weighted by molar-refractivity contribution is 4.99. The number of aliphatic hydroxyl groups excluding tert-OH is 1. The molecule has 2 atom stereocenters. The number of β-amino-alcohol motifs (C(OH)–C–C–N with tert-alkyl or cyclic N) is 1. The van der Waals surface area contributed by atoms with Crippen LogP contribution in [0, 0.1) is 6.92 Å². The Morgan fingerprint density at radius 3 is 2.91 bits per heavy atom. The topological polar surface area (TPSA) is 59.1 Å². The smallest absolute Gasteiger partial charge is 0.0862 e. The highest BCUT2D eigenvalue weighted by Crippen LogP contribution is 2.19. The summed E-state index contributed by atoms with van der Waals surface area (Å²) >= 11 is 0. The van der Waals surface area contributed by atoms with E-state index in [0.29, 0.717) is 19.1 Å². The van der Waals surface area contributed by atoms with Crippen molar-refractivity contribution in [3.63, 3.8) is 0 Å². The second-order valence-corrected chi connectivity index (χ2v) is 6.27. The van der Waals surface area contributed by atoms with E-state index in [1.54, 1.807) is 10.9 Å². The number of hydrogen-bond donors (Lipinski definition) is 1. The van der Waals surface area contributed by atoms with Gasteiger partial charge in [0.1, 0.15) is 0 Å². The summed E-state index contributed by atoms with van der Waals surface area (Å²) in [4.78, 5) is 2.41. The quantitative estimate of drug-likeness (QED) is 0.874. The standard InChI is InChI=1S/C16H25N5O/c1-14-9-18-21(10-14)11-15-5-2-3-7-19(15)12-16(22)13-20-8-4-6-17-20/h4,6,8-10,15-16,22H,2-3,5,7,11-13H2,1H3/t15-,16-/m0/s1. The summed E-state index contributed by atoms with van der Waals surface area (Å²) < 4.78 is 3.82. The van der Waals surface area contributed by atoms with Crippen molar-refractivity contribution in [1.82, 2.24) is 24.5 Å². The highest BCUT2D eigenvalue weighted by Gasteiger charge is 2.25. The Morgan fingerprint density at radius 1 is 1.27 bits per heavy atom. The maximum atomic E-state index is 10.3. The van der Waals surface area contributed by atoms with Crippen molar-refractivity contribution in [2.75, 3.05) is 13.1 Å². The number of nitrogens with zero attached hydrogens (tertiary/aromatic N) is 5. The first kappa shape index (κ1) is 15.2. The first-order valence-corrected chi connectivity index (χ1v) is 8.09. The van der Waals surface area contributed by atoms with Crippen LogP contribution in [0.2, 0.25) is 0 Å². The van der Waals surface area contributed by atoms with Gasteiger partial charge in [-0.1, -0.05) is 6.42 Å². The van der Waals surface area contributed by atoms with Gasteiger partial charge in [0.15, 0.2) is 0 Å². The molecule has 6 heteroatoms. The number of hydrogen-bond acceptors (Lipinski definition) is 4. The third-order valence-corrected chi connectivity index (χ3v) is 4.31. The zero-order valence-corrected chi connectivity index (χ0v) is 13.2. The van der Waals surface area contributed by atoms with Gasteiger partial charge >= 0.3 is 0 Å². The fourth-order valence-electron chi connectivity index (χ4n) is 3.24. The Balaban J connectivity index is 1.57. The van der Waals surface area contributed by atoms with Crippen LogP contribution in [0.25, 0.3) is 0 Å². The molecule has 1 aliphatic heterocycles. The zero-order valence-electron chi connectivity index (χ0n) is 13.2. The predicted octanol–water partition coefficient (Wildman–Crippen LogP) is 1.30. The maximum Gasteiger partial charge on any atom is 0.0862 e. The number of likely N-dealkylation sites (tertiary alicyclic amines) is 1. The molecular weight excluding hydrogens is 278 g/mol. The average Bonchev–Trinajstić information content (AvgIpc) is 3.13. The second kappa shape index (κ2) is 7.07. The molecule has 1 saturated heterocycles. The normalized spacial score (nSPS) is 21.1. The van der Waals surface area contributed by atoms with Crippen molar-refractivity contribution in [2.45, 2.75) is 51.4 Å². The van der Waals surface area contributed by atoms with Crippen LogP contribution < -0.4 is 0 Å². The van der Waals surface area contributed by atoms with Crippen molar-refractivity contribution in [1.29, 1.82) is 0 Å². The van der Waals surface area contributed by atoms with E-state index in [1.807, 2.05) is 23.1 Å². The lowest BCUT2D eigenvalue weighted by molar-refractivity contribution is 0.0496. The average molecular weight is 303 g/mol. The predicted molar refractivity (Wildman–Crippen MR) is 84.4 cm³/mol. The van der Waals surface area contributed by atoms with Crippen molar-refractivity contribution in [2.24, 2.45) is 0 Å². The van der Waals surface area contributed by atoms with Crippen LogP contribution in [0.15, 0.2) is 30.9 Å². The van der Waals surface area contributed by atoms with Gasteiger partial charge in [-0.25, -0.2) is 0 Å². The minimum atomic E-state index is -0.389. The summed E-state index contributed by atoms with van der Waals surface area (Å²) in [7, 11) is 0. The molecule has 120 valence electrons. The van der Waals surface area contributed by atoms with Gasteiger partial charge in [0, 0.05) is 31.2 Å². The number of aromatic nitrogens is 4. The Hall–Kier alpha value is -1.66. The molecule has 0 unspecified atom stereocenters. The molecule has 0 aromatic carbocycles. The lowest BCUT2D eigenvalue weighted by Gasteiger charge is -2.36. The van der Waals surface area contributed by atoms with E-state index >= 15 is 0 Å². The number of aliphatic hydroxyl groups is 1. The van der Waals surface area contributed by atoms with E-state index in [1.165, 1.54) is 24.8 Å². The molecule has 22 heavy (non-hydrogen) atoms. The molecule has 0 radical (unpaired) electrons. The van der Waals surface area contributed by atoms with Crippen LogP contribution in [-0.4, -0.2) is 54.8 Å². The van der Waals surface area contributed by atoms with Crippen molar-refractivity contribution in [3.8, 4) is 0 Å². The Kier molecular flexibility index (Phi) is 4.90. The maximum absolute atomic E-state index is 10.3. The fraction of sp³-hybridized carbons (Fsp3) is 0.625. The summed E-state index contributed by atoms with van der Waals surface area (Å²) in [5.41, 5.74) is 1.20. The van der Waals surface area contributed by atoms with Gasteiger partial charge in [-0.15, -0.1) is 0 Å². The lowest BCUT2D eigenvalue weighted by Crippen LogP contribution is -2.46. The zero-order chi connectivity index (χ0) is 15.4. The van der Waals surface area contributed by atoms with Gasteiger partial charge < -0.3 is 5.11 Å². The Bertz CT molecular complexity index is 565. The fourth-order valence-corrected chi connectivity index (χ4v) is 3.24. The first-order chi connectivity index (χ1) is 10.7. The monoisotopic (exact) mass is 303 g/mol. The van der Waals surface area contributed by atoms with Crippen molar-refractivity contribution >= 4 is 0 Å². The molecule has 2 aromatic heterocycles. The molecule has 0 bridgehead atoms. The summed E-state index contributed by atoms with van der Waals surface area (Å²) in [6, 6.07) is 2.34. The van der Waals surface area contributed by atoms with Gasteiger partial charge in [0.25, 0.3) is 0 Å². The molecule has 0 aliphatic carbocycles. The van der Waals surface area contributed by atoms with Gasteiger partial charge in [-0.2, -0.15) is 10.2 Å². The first-order valence-electron chi connectivity index (χ1n) is 8.09. The van der Waals surface area contributed by atoms with Crippen LogP contribution in [0.5, 0.6) is 0 Å². The van der Waals surface area contributed by atoms with Crippen LogP contribution in [0.4, 0.5) is 0 Å². The molecular formula is C16H25N5O. The molecule has 1 aliphatic rings. The largest absolute Gasteiger partial charge is 0.390 e. The third-order valence-electron chi connectivity index (χ3n) is 4.31. The van der Waals surface area contributed by atoms with Gasteiger partial charge in [-0.05, 0) is 37.9 Å². The summed E-state index contributed by atoms with van der Waals surface area (Å²) in [6.45, 7) is 5.28. The molecule has 0 spiro atoms. The third kappa shape index (κ3) is 3.96. The Labute approximate surface area is 131 Å². The van der Waals surface area contributed by atoms with Crippen molar-refractivity contribution < 1.29 is 5.11 Å². The van der Waals surface area contributed by atoms with Gasteiger partial charge in [0.05, 0.1) is 25.4 Å². The molecule has 3 heterocycles. The van der Waals surface area contributed by atoms with E-state index in [2.05, 4.69) is 28.2 Å². The molecule has 6 nitrogen and oxygen atoms in total. The highest BCUT2D eigenvalue weighted by atomic mass is 16.3. The number of rotatable bonds is 6. The number of aryl methyl sites for hydroxylation is 1. The molecule has 3 rings (SSSR count). The van der Waals surface area contributed by atoms with E-state index in [4.69, 9.17) is 0 Å². The van der Waals surface area contributed by atoms with E-state index in [0.717, 1.165) is 13.1 Å². The number of piperidine rings is 1. The Morgan fingerprint density at radius 2 is 2.18 bits per heavy atom. The molecule has 1 N–H and O–H groups in total. The van der Waals surface area contributed by atoms with Gasteiger partial charge in [-0.3, -0.25) is 14.3 Å². The summed E-state index contributed by atoms with van der Waals surface area (Å²) in [6.07, 6.45) is 10.9. The van der Waals surface area contributed by atoms with Gasteiger partial charge in [0.2, 0.25) is 0 Å². The molecule has 2 aromatic rings. The van der Waals surface area contributed by atoms with Crippen LogP contribution in [0.1, 0.15) is 24.8 Å². The molecule has 1 fully saturated rings. The van der Waals surface area contributed by atoms with Crippen LogP contribution >= 0.6 is 0 Å². The van der Waals surface area contributed by atoms with Crippen molar-refractivity contribution in [3.05, 3.63) is 36.4 Å².